The van der Waals surface area contributed by atoms with Crippen LogP contribution in [0.1, 0.15) is 63.1 Å². The van der Waals surface area contributed by atoms with Gasteiger partial charge in [0.05, 0.1) is 6.26 Å². The molecule has 3 rings (SSSR count). The molecular weight excluding hydrogens is 406 g/mol. The van der Waals surface area contributed by atoms with Gasteiger partial charge in [0.15, 0.2) is 5.76 Å². The highest BCUT2D eigenvalue weighted by molar-refractivity contribution is 6.02. The highest BCUT2D eigenvalue weighted by atomic mass is 16.4. The summed E-state index contributed by atoms with van der Waals surface area (Å²) in [5.74, 6) is 0.488. The van der Waals surface area contributed by atoms with E-state index in [0.717, 1.165) is 30.5 Å². The van der Waals surface area contributed by atoms with Crippen molar-refractivity contribution in [1.29, 1.82) is 0 Å². The quantitative estimate of drug-likeness (QED) is 0.549. The van der Waals surface area contributed by atoms with E-state index in [2.05, 4.69) is 38.3 Å². The van der Waals surface area contributed by atoms with Gasteiger partial charge < -0.3 is 25.1 Å². The van der Waals surface area contributed by atoms with Crippen molar-refractivity contribution >= 4 is 17.7 Å². The molecule has 1 saturated heterocycles. The van der Waals surface area contributed by atoms with Gasteiger partial charge in [-0.3, -0.25) is 4.79 Å². The molecule has 0 aliphatic carbocycles. The molecule has 2 heterocycles. The van der Waals surface area contributed by atoms with Gasteiger partial charge in [-0.1, -0.05) is 39.0 Å². The maximum atomic E-state index is 12.3. The van der Waals surface area contributed by atoms with Crippen molar-refractivity contribution in [3.63, 3.8) is 0 Å². The van der Waals surface area contributed by atoms with Crippen LogP contribution < -0.4 is 10.6 Å². The first-order valence-electron chi connectivity index (χ1n) is 11.3. The van der Waals surface area contributed by atoms with E-state index in [1.54, 1.807) is 17.0 Å². The van der Waals surface area contributed by atoms with Gasteiger partial charge >= 0.3 is 6.09 Å². The van der Waals surface area contributed by atoms with Gasteiger partial charge in [0, 0.05) is 30.9 Å². The Bertz CT molecular complexity index is 904. The minimum atomic E-state index is -0.817. The Morgan fingerprint density at radius 1 is 1.22 bits per heavy atom. The second-order valence-electron chi connectivity index (χ2n) is 9.85. The number of piperidine rings is 1. The number of anilines is 1. The number of nitrogens with one attached hydrogen (secondary N) is 2. The zero-order chi connectivity index (χ0) is 23.3. The zero-order valence-electron chi connectivity index (χ0n) is 19.4. The number of para-hydroxylation sites is 1. The zero-order valence-corrected chi connectivity index (χ0v) is 19.4. The number of likely N-dealkylation sites (tertiary alicyclic amines) is 1. The summed E-state index contributed by atoms with van der Waals surface area (Å²) in [7, 11) is 0. The van der Waals surface area contributed by atoms with E-state index in [0.29, 0.717) is 19.0 Å². The molecule has 0 radical (unpaired) electrons. The van der Waals surface area contributed by atoms with Crippen LogP contribution in [-0.2, 0) is 6.54 Å². The van der Waals surface area contributed by atoms with Gasteiger partial charge in [-0.05, 0) is 61.3 Å². The van der Waals surface area contributed by atoms with Crippen LogP contribution in [0.4, 0.5) is 10.5 Å². The maximum Gasteiger partial charge on any atom is 0.407 e. The van der Waals surface area contributed by atoms with Gasteiger partial charge in [-0.2, -0.15) is 0 Å². The molecule has 1 aliphatic heterocycles. The third-order valence-electron chi connectivity index (χ3n) is 6.29. The predicted octanol–water partition coefficient (Wildman–Crippen LogP) is 5.20. The summed E-state index contributed by atoms with van der Waals surface area (Å²) in [6.45, 7) is 9.74. The molecule has 3 N–H and O–H groups in total. The molecule has 174 valence electrons. The summed E-state index contributed by atoms with van der Waals surface area (Å²) in [4.78, 5) is 25.6. The Labute approximate surface area is 190 Å². The Morgan fingerprint density at radius 2 is 1.97 bits per heavy atom. The van der Waals surface area contributed by atoms with Crippen LogP contribution in [0.5, 0.6) is 0 Å². The van der Waals surface area contributed by atoms with Crippen LogP contribution in [0, 0.1) is 11.3 Å². The van der Waals surface area contributed by atoms with E-state index >= 15 is 0 Å². The number of amides is 2. The molecule has 2 amide bonds. The van der Waals surface area contributed by atoms with Crippen LogP contribution in [0.25, 0.3) is 0 Å². The fourth-order valence-corrected chi connectivity index (χ4v) is 4.56. The summed E-state index contributed by atoms with van der Waals surface area (Å²) in [6.07, 6.45) is 3.43. The molecule has 0 saturated carbocycles. The summed E-state index contributed by atoms with van der Waals surface area (Å²) >= 11 is 0. The number of furan rings is 1. The number of carbonyl (C=O) groups excluding carboxylic acids is 1. The summed E-state index contributed by atoms with van der Waals surface area (Å²) in [5.41, 5.74) is 1.68. The molecule has 0 spiro atoms. The monoisotopic (exact) mass is 441 g/mol. The topological polar surface area (TPSA) is 94.8 Å². The van der Waals surface area contributed by atoms with Gasteiger partial charge in [-0.15, -0.1) is 0 Å². The largest absolute Gasteiger partial charge is 0.465 e. The normalized spacial score (nSPS) is 20.1. The smallest absolute Gasteiger partial charge is 0.407 e. The van der Waals surface area contributed by atoms with Gasteiger partial charge in [0.2, 0.25) is 0 Å². The van der Waals surface area contributed by atoms with Crippen molar-refractivity contribution in [2.75, 3.05) is 11.9 Å². The molecule has 32 heavy (non-hydrogen) atoms. The van der Waals surface area contributed by atoms with Crippen molar-refractivity contribution < 1.29 is 19.1 Å². The van der Waals surface area contributed by atoms with E-state index in [4.69, 9.17) is 4.42 Å². The fourth-order valence-electron chi connectivity index (χ4n) is 4.56. The Balaban J connectivity index is 1.56. The van der Waals surface area contributed by atoms with Crippen molar-refractivity contribution in [3.05, 3.63) is 54.0 Å². The summed E-state index contributed by atoms with van der Waals surface area (Å²) < 4.78 is 5.18. The van der Waals surface area contributed by atoms with Crippen molar-refractivity contribution in [1.82, 2.24) is 10.2 Å². The molecule has 1 aromatic carbocycles. The average Bonchev–Trinajstić information content (AvgIpc) is 3.27. The van der Waals surface area contributed by atoms with Gasteiger partial charge in [0.25, 0.3) is 5.91 Å². The first kappa shape index (κ1) is 23.9. The minimum absolute atomic E-state index is 0.0310. The molecule has 3 unspecified atom stereocenters. The lowest BCUT2D eigenvalue weighted by Crippen LogP contribution is -2.52. The van der Waals surface area contributed by atoms with Crippen molar-refractivity contribution in [3.8, 4) is 0 Å². The van der Waals surface area contributed by atoms with Crippen molar-refractivity contribution in [2.24, 2.45) is 11.3 Å². The van der Waals surface area contributed by atoms with Gasteiger partial charge in [-0.25, -0.2) is 4.79 Å². The number of benzene rings is 1. The molecule has 7 nitrogen and oxygen atoms in total. The summed E-state index contributed by atoms with van der Waals surface area (Å²) in [6, 6.07) is 11.4. The molecule has 0 bridgehead atoms. The fraction of sp³-hybridized carbons (Fsp3) is 0.520. The second-order valence-corrected chi connectivity index (χ2v) is 9.85. The molecule has 3 atom stereocenters. The highest BCUT2D eigenvalue weighted by Crippen LogP contribution is 2.36. The van der Waals surface area contributed by atoms with E-state index in [9.17, 15) is 14.7 Å². The third-order valence-corrected chi connectivity index (χ3v) is 6.29. The Hall–Kier alpha value is -2.80. The standard InChI is InChI=1S/C25H35N3O4/c1-17(14-18-11-12-28(24(30)31)22(15-18)25(2,3)4)26-16-19-8-5-6-9-20(19)27-23(29)21-10-7-13-32-21/h5-10,13,17-18,22,26H,11-12,14-16H2,1-4H3,(H,27,29)(H,30,31). The molecular formula is C25H35N3O4. The van der Waals surface area contributed by atoms with E-state index in [1.165, 1.54) is 6.26 Å². The van der Waals surface area contributed by atoms with E-state index in [1.807, 2.05) is 24.3 Å². The number of hydrogen-bond acceptors (Lipinski definition) is 4. The molecule has 1 aliphatic rings. The van der Waals surface area contributed by atoms with Gasteiger partial charge in [0.1, 0.15) is 0 Å². The number of rotatable bonds is 7. The minimum Gasteiger partial charge on any atom is -0.465 e. The summed E-state index contributed by atoms with van der Waals surface area (Å²) in [5, 5.41) is 16.1. The average molecular weight is 442 g/mol. The van der Waals surface area contributed by atoms with Crippen LogP contribution in [0.3, 0.4) is 0 Å². The van der Waals surface area contributed by atoms with Crippen LogP contribution in [0.2, 0.25) is 0 Å². The molecule has 2 aromatic rings. The van der Waals surface area contributed by atoms with Crippen LogP contribution >= 0.6 is 0 Å². The van der Waals surface area contributed by atoms with Crippen LogP contribution in [0.15, 0.2) is 47.1 Å². The number of carboxylic acid groups (broad SMARTS) is 1. The van der Waals surface area contributed by atoms with E-state index < -0.39 is 6.09 Å². The highest BCUT2D eigenvalue weighted by Gasteiger charge is 2.38. The predicted molar refractivity (Wildman–Crippen MR) is 125 cm³/mol. The molecule has 7 heteroatoms. The lowest BCUT2D eigenvalue weighted by Gasteiger charge is -2.45. The third kappa shape index (κ3) is 6.13. The number of hydrogen-bond donors (Lipinski definition) is 3. The molecule has 1 aromatic heterocycles. The first-order chi connectivity index (χ1) is 15.1. The SMILES string of the molecule is CC(CC1CCN(C(=O)O)C(C(C)(C)C)C1)NCc1ccccc1NC(=O)c1ccco1. The Morgan fingerprint density at radius 3 is 2.62 bits per heavy atom. The lowest BCUT2D eigenvalue weighted by molar-refractivity contribution is 0.0373. The van der Waals surface area contributed by atoms with Crippen LogP contribution in [-0.4, -0.2) is 40.6 Å². The van der Waals surface area contributed by atoms with Crippen molar-refractivity contribution in [2.45, 2.75) is 65.6 Å². The Kier molecular flexibility index (Phi) is 7.61. The lowest BCUT2D eigenvalue weighted by atomic mass is 9.75. The number of carbonyl (C=O) groups is 2. The van der Waals surface area contributed by atoms with E-state index in [-0.39, 0.29) is 29.2 Å². The molecule has 1 fully saturated rings. The second kappa shape index (κ2) is 10.2. The first-order valence-corrected chi connectivity index (χ1v) is 11.3. The number of nitrogens with zero attached hydrogens (tertiary/aromatic N) is 1. The maximum absolute atomic E-state index is 12.3.